The van der Waals surface area contributed by atoms with E-state index in [1.54, 1.807) is 17.5 Å². The lowest BCUT2D eigenvalue weighted by Crippen LogP contribution is -2.00. The van der Waals surface area contributed by atoms with Crippen molar-refractivity contribution in [2.75, 3.05) is 5.32 Å². The van der Waals surface area contributed by atoms with Crippen molar-refractivity contribution in [1.82, 2.24) is 9.97 Å². The Balaban J connectivity index is 1.95. The van der Waals surface area contributed by atoms with Crippen molar-refractivity contribution in [3.63, 3.8) is 0 Å². The maximum atomic E-state index is 4.56. The molecule has 4 heteroatoms. The van der Waals surface area contributed by atoms with Gasteiger partial charge in [0.15, 0.2) is 0 Å². The summed E-state index contributed by atoms with van der Waals surface area (Å²) < 4.78 is 0. The van der Waals surface area contributed by atoms with E-state index in [1.165, 1.54) is 5.01 Å². The van der Waals surface area contributed by atoms with Crippen molar-refractivity contribution in [2.45, 2.75) is 26.3 Å². The number of nitrogens with zero attached hydrogens (tertiary/aromatic N) is 2. The molecule has 0 aliphatic rings. The van der Waals surface area contributed by atoms with Crippen molar-refractivity contribution >= 4 is 17.0 Å². The molecular weight excluding hydrogens is 218 g/mol. The van der Waals surface area contributed by atoms with E-state index in [1.807, 2.05) is 18.3 Å². The van der Waals surface area contributed by atoms with E-state index in [-0.39, 0.29) is 0 Å². The van der Waals surface area contributed by atoms with Crippen LogP contribution in [0.3, 0.4) is 0 Å². The largest absolute Gasteiger partial charge is 0.378 e. The Labute approximate surface area is 99.6 Å². The molecule has 2 rings (SSSR count). The summed E-state index contributed by atoms with van der Waals surface area (Å²) in [6, 6.07) is 3.92. The molecule has 84 valence electrons. The van der Waals surface area contributed by atoms with E-state index in [0.29, 0.717) is 5.92 Å². The molecule has 0 spiro atoms. The number of aromatic nitrogens is 2. The zero-order chi connectivity index (χ0) is 11.4. The average molecular weight is 233 g/mol. The molecule has 0 aromatic carbocycles. The van der Waals surface area contributed by atoms with Gasteiger partial charge in [0.05, 0.1) is 22.9 Å². The predicted molar refractivity (Wildman–Crippen MR) is 67.8 cm³/mol. The Kier molecular flexibility index (Phi) is 3.51. The van der Waals surface area contributed by atoms with Crippen molar-refractivity contribution in [3.8, 4) is 0 Å². The summed E-state index contributed by atoms with van der Waals surface area (Å²) in [6.45, 7) is 5.09. The molecule has 0 amide bonds. The molecule has 0 fully saturated rings. The third-order valence-electron chi connectivity index (χ3n) is 2.20. The van der Waals surface area contributed by atoms with Crippen LogP contribution in [0.5, 0.6) is 0 Å². The summed E-state index contributed by atoms with van der Waals surface area (Å²) in [6.07, 6.45) is 3.58. The van der Waals surface area contributed by atoms with Crippen molar-refractivity contribution in [3.05, 3.63) is 40.6 Å². The van der Waals surface area contributed by atoms with Gasteiger partial charge in [0, 0.05) is 23.7 Å². The second-order valence-corrected chi connectivity index (χ2v) is 4.82. The summed E-state index contributed by atoms with van der Waals surface area (Å²) in [5, 5.41) is 6.60. The van der Waals surface area contributed by atoms with Crippen LogP contribution in [0.1, 0.15) is 30.5 Å². The highest BCUT2D eigenvalue weighted by Crippen LogP contribution is 2.19. The molecule has 0 unspecified atom stereocenters. The molecule has 0 saturated carbocycles. The third-order valence-corrected chi connectivity index (χ3v) is 3.39. The van der Waals surface area contributed by atoms with Gasteiger partial charge in [-0.05, 0) is 12.1 Å². The number of thiazole rings is 1. The molecular formula is C12H15N3S. The quantitative estimate of drug-likeness (QED) is 0.880. The van der Waals surface area contributed by atoms with E-state index in [9.17, 15) is 0 Å². The lowest BCUT2D eigenvalue weighted by atomic mass is 10.2. The van der Waals surface area contributed by atoms with Crippen LogP contribution in [0.2, 0.25) is 0 Å². The normalized spacial score (nSPS) is 10.7. The Hall–Kier alpha value is -1.42. The van der Waals surface area contributed by atoms with E-state index < -0.39 is 0 Å². The van der Waals surface area contributed by atoms with Gasteiger partial charge in [0.2, 0.25) is 0 Å². The summed E-state index contributed by atoms with van der Waals surface area (Å²) in [5.41, 5.74) is 2.12. The first kappa shape index (κ1) is 11.1. The number of anilines is 1. The minimum absolute atomic E-state index is 0.511. The molecule has 3 nitrogen and oxygen atoms in total. The standard InChI is InChI=1S/C12H15N3S/c1-9(2)12-15-11(8-16-12)7-14-10-4-3-5-13-6-10/h3-6,8-9,14H,7H2,1-2H3. The summed E-state index contributed by atoms with van der Waals surface area (Å²) >= 11 is 1.73. The molecule has 16 heavy (non-hydrogen) atoms. The molecule has 0 atom stereocenters. The van der Waals surface area contributed by atoms with Gasteiger partial charge in [-0.3, -0.25) is 4.98 Å². The molecule has 2 aromatic rings. The van der Waals surface area contributed by atoms with Crippen LogP contribution in [-0.4, -0.2) is 9.97 Å². The second-order valence-electron chi connectivity index (χ2n) is 3.93. The lowest BCUT2D eigenvalue weighted by molar-refractivity contribution is 0.841. The van der Waals surface area contributed by atoms with Crippen LogP contribution in [0, 0.1) is 0 Å². The minimum Gasteiger partial charge on any atom is -0.378 e. The van der Waals surface area contributed by atoms with Crippen LogP contribution in [0.25, 0.3) is 0 Å². The number of pyridine rings is 1. The second kappa shape index (κ2) is 5.07. The fourth-order valence-corrected chi connectivity index (χ4v) is 2.16. The highest BCUT2D eigenvalue weighted by molar-refractivity contribution is 7.09. The van der Waals surface area contributed by atoms with Crippen molar-refractivity contribution in [2.24, 2.45) is 0 Å². The van der Waals surface area contributed by atoms with Crippen LogP contribution in [0.4, 0.5) is 5.69 Å². The molecule has 2 heterocycles. The minimum atomic E-state index is 0.511. The smallest absolute Gasteiger partial charge is 0.0954 e. The van der Waals surface area contributed by atoms with Gasteiger partial charge < -0.3 is 5.32 Å². The fraction of sp³-hybridized carbons (Fsp3) is 0.333. The van der Waals surface area contributed by atoms with Crippen molar-refractivity contribution < 1.29 is 0 Å². The van der Waals surface area contributed by atoms with E-state index in [2.05, 4.69) is 34.5 Å². The Morgan fingerprint density at radius 2 is 2.31 bits per heavy atom. The van der Waals surface area contributed by atoms with Crippen LogP contribution in [0.15, 0.2) is 29.9 Å². The maximum Gasteiger partial charge on any atom is 0.0954 e. The highest BCUT2D eigenvalue weighted by Gasteiger charge is 2.05. The predicted octanol–water partition coefficient (Wildman–Crippen LogP) is 3.27. The molecule has 0 aliphatic heterocycles. The maximum absolute atomic E-state index is 4.56. The first-order valence-electron chi connectivity index (χ1n) is 5.34. The number of hydrogen-bond donors (Lipinski definition) is 1. The van der Waals surface area contributed by atoms with Gasteiger partial charge in [-0.1, -0.05) is 13.8 Å². The SMILES string of the molecule is CC(C)c1nc(CNc2cccnc2)cs1. The van der Waals surface area contributed by atoms with Crippen LogP contribution >= 0.6 is 11.3 Å². The molecule has 2 aromatic heterocycles. The third kappa shape index (κ3) is 2.79. The number of rotatable bonds is 4. The lowest BCUT2D eigenvalue weighted by Gasteiger charge is -2.02. The molecule has 0 radical (unpaired) electrons. The van der Waals surface area contributed by atoms with Crippen LogP contribution < -0.4 is 5.32 Å². The highest BCUT2D eigenvalue weighted by atomic mass is 32.1. The fourth-order valence-electron chi connectivity index (χ4n) is 1.33. The molecule has 0 saturated heterocycles. The van der Waals surface area contributed by atoms with Crippen LogP contribution in [-0.2, 0) is 6.54 Å². The van der Waals surface area contributed by atoms with Gasteiger partial charge in [0.25, 0.3) is 0 Å². The topological polar surface area (TPSA) is 37.8 Å². The van der Waals surface area contributed by atoms with Gasteiger partial charge in [-0.25, -0.2) is 4.98 Å². The average Bonchev–Trinajstić information content (AvgIpc) is 2.76. The molecule has 0 aliphatic carbocycles. The summed E-state index contributed by atoms with van der Waals surface area (Å²) in [5.74, 6) is 0.511. The Morgan fingerprint density at radius 1 is 1.44 bits per heavy atom. The van der Waals surface area contributed by atoms with Gasteiger partial charge in [-0.15, -0.1) is 11.3 Å². The van der Waals surface area contributed by atoms with Crippen molar-refractivity contribution in [1.29, 1.82) is 0 Å². The molecule has 1 N–H and O–H groups in total. The van der Waals surface area contributed by atoms with E-state index >= 15 is 0 Å². The number of nitrogens with one attached hydrogen (secondary N) is 1. The zero-order valence-electron chi connectivity index (χ0n) is 9.47. The number of hydrogen-bond acceptors (Lipinski definition) is 4. The molecule has 0 bridgehead atoms. The zero-order valence-corrected chi connectivity index (χ0v) is 10.3. The first-order chi connectivity index (χ1) is 7.75. The van der Waals surface area contributed by atoms with Gasteiger partial charge in [-0.2, -0.15) is 0 Å². The summed E-state index contributed by atoms with van der Waals surface area (Å²) in [4.78, 5) is 8.61. The first-order valence-corrected chi connectivity index (χ1v) is 6.22. The van der Waals surface area contributed by atoms with Gasteiger partial charge in [0.1, 0.15) is 0 Å². The van der Waals surface area contributed by atoms with E-state index in [4.69, 9.17) is 0 Å². The monoisotopic (exact) mass is 233 g/mol. The Bertz CT molecular complexity index is 437. The van der Waals surface area contributed by atoms with Gasteiger partial charge >= 0.3 is 0 Å². The summed E-state index contributed by atoms with van der Waals surface area (Å²) in [7, 11) is 0. The van der Waals surface area contributed by atoms with E-state index in [0.717, 1.165) is 17.9 Å². The Morgan fingerprint density at radius 3 is 2.94 bits per heavy atom.